The largest absolute Gasteiger partial charge is 0.0871 e. The highest BCUT2D eigenvalue weighted by atomic mass is 13.9. The molecule has 1 aromatic rings. The van der Waals surface area contributed by atoms with E-state index in [9.17, 15) is 0 Å². The fourth-order valence-electron chi connectivity index (χ4n) is 1.06. The Morgan fingerprint density at radius 2 is 1.82 bits per heavy atom. The van der Waals surface area contributed by atoms with Crippen molar-refractivity contribution < 1.29 is 0 Å². The topological polar surface area (TPSA) is 0 Å². The number of allylic oxidation sites excluding steroid dienone is 1. The van der Waals surface area contributed by atoms with Crippen LogP contribution in [-0.4, -0.2) is 0 Å². The Hall–Kier alpha value is -1.04. The normalized spacial score (nSPS) is 10.7. The molecule has 0 radical (unpaired) electrons. The Kier molecular flexibility index (Phi) is 2.91. The summed E-state index contributed by atoms with van der Waals surface area (Å²) in [4.78, 5) is 0. The first kappa shape index (κ1) is 8.06. The lowest BCUT2D eigenvalue weighted by Crippen LogP contribution is -1.78. The van der Waals surface area contributed by atoms with Crippen molar-refractivity contribution in [3.8, 4) is 0 Å². The maximum atomic E-state index is 2.18. The smallest absolute Gasteiger partial charge is 0.0260 e. The zero-order valence-electron chi connectivity index (χ0n) is 7.17. The molecule has 0 amide bonds. The van der Waals surface area contributed by atoms with Gasteiger partial charge in [-0.1, -0.05) is 43.3 Å². The molecule has 0 aliphatic rings. The summed E-state index contributed by atoms with van der Waals surface area (Å²) in [5, 5.41) is 0. The van der Waals surface area contributed by atoms with Gasteiger partial charge in [-0.25, -0.2) is 0 Å². The summed E-state index contributed by atoms with van der Waals surface area (Å²) in [6, 6.07) is 8.66. The van der Waals surface area contributed by atoms with Crippen molar-refractivity contribution >= 4 is 6.08 Å². The van der Waals surface area contributed by atoms with Crippen LogP contribution >= 0.6 is 0 Å². The molecule has 1 rings (SSSR count). The highest BCUT2D eigenvalue weighted by Gasteiger charge is 1.87. The molecule has 11 heavy (non-hydrogen) atoms. The van der Waals surface area contributed by atoms with Crippen LogP contribution in [0.4, 0.5) is 0 Å². The Bertz CT molecular complexity index is 229. The number of hydrogen-bond donors (Lipinski definition) is 0. The minimum absolute atomic E-state index is 1.12. The molecule has 0 atom stereocenters. The number of aryl methyl sites for hydroxylation is 1. The second kappa shape index (κ2) is 3.97. The van der Waals surface area contributed by atoms with Gasteiger partial charge < -0.3 is 0 Å². The molecule has 0 aromatic heterocycles. The molecule has 58 valence electrons. The molecule has 0 heteroatoms. The molecule has 0 saturated heterocycles. The van der Waals surface area contributed by atoms with Gasteiger partial charge >= 0.3 is 0 Å². The third kappa shape index (κ3) is 2.23. The van der Waals surface area contributed by atoms with Gasteiger partial charge in [-0.2, -0.15) is 0 Å². The maximum Gasteiger partial charge on any atom is -0.0260 e. The Morgan fingerprint density at radius 3 is 2.27 bits per heavy atom. The minimum Gasteiger partial charge on any atom is -0.0871 e. The van der Waals surface area contributed by atoms with Gasteiger partial charge in [0.15, 0.2) is 0 Å². The van der Waals surface area contributed by atoms with Crippen LogP contribution in [0, 0.1) is 0 Å². The molecule has 0 nitrogen and oxygen atoms in total. The highest BCUT2D eigenvalue weighted by Crippen LogP contribution is 2.06. The van der Waals surface area contributed by atoms with Gasteiger partial charge in [-0.05, 0) is 24.5 Å². The molecule has 0 aliphatic carbocycles. The fraction of sp³-hybridized carbons (Fsp3) is 0.273. The summed E-state index contributed by atoms with van der Waals surface area (Å²) in [6.45, 7) is 4.21. The van der Waals surface area contributed by atoms with Gasteiger partial charge in [-0.15, -0.1) is 0 Å². The van der Waals surface area contributed by atoms with Crippen molar-refractivity contribution in [1.29, 1.82) is 0 Å². The quantitative estimate of drug-likeness (QED) is 0.600. The van der Waals surface area contributed by atoms with Gasteiger partial charge in [-0.3, -0.25) is 0 Å². The first-order valence-corrected chi connectivity index (χ1v) is 4.08. The van der Waals surface area contributed by atoms with Crippen molar-refractivity contribution in [3.63, 3.8) is 0 Å². The number of benzene rings is 1. The Labute approximate surface area is 68.6 Å². The second-order valence-electron chi connectivity index (χ2n) is 2.60. The summed E-state index contributed by atoms with van der Waals surface area (Å²) >= 11 is 0. The molecule has 1 aromatic carbocycles. The van der Waals surface area contributed by atoms with E-state index in [4.69, 9.17) is 0 Å². The fourth-order valence-corrected chi connectivity index (χ4v) is 1.06. The molecular formula is C11H14. The molecule has 0 bridgehead atoms. The van der Waals surface area contributed by atoms with Crippen LogP contribution in [-0.2, 0) is 6.42 Å². The molecule has 0 heterocycles. The predicted molar refractivity (Wildman–Crippen MR) is 50.5 cm³/mol. The van der Waals surface area contributed by atoms with Gasteiger partial charge in [0, 0.05) is 0 Å². The zero-order chi connectivity index (χ0) is 8.10. The van der Waals surface area contributed by atoms with E-state index >= 15 is 0 Å². The van der Waals surface area contributed by atoms with E-state index < -0.39 is 0 Å². The van der Waals surface area contributed by atoms with Gasteiger partial charge in [0.05, 0.1) is 0 Å². The summed E-state index contributed by atoms with van der Waals surface area (Å²) in [5.74, 6) is 0. The van der Waals surface area contributed by atoms with E-state index in [1.807, 2.05) is 6.92 Å². The van der Waals surface area contributed by atoms with Gasteiger partial charge in [0.25, 0.3) is 0 Å². The van der Waals surface area contributed by atoms with E-state index in [1.165, 1.54) is 11.1 Å². The zero-order valence-corrected chi connectivity index (χ0v) is 7.17. The first-order chi connectivity index (χ1) is 5.36. The van der Waals surface area contributed by atoms with Crippen molar-refractivity contribution in [2.24, 2.45) is 0 Å². The van der Waals surface area contributed by atoms with Gasteiger partial charge in [0.2, 0.25) is 0 Å². The number of rotatable bonds is 2. The summed E-state index contributed by atoms with van der Waals surface area (Å²) < 4.78 is 0. The summed E-state index contributed by atoms with van der Waals surface area (Å²) in [5.41, 5.74) is 2.68. The second-order valence-corrected chi connectivity index (χ2v) is 2.60. The van der Waals surface area contributed by atoms with Crippen LogP contribution < -0.4 is 0 Å². The molecule has 0 fully saturated rings. The van der Waals surface area contributed by atoms with E-state index in [0.29, 0.717) is 0 Å². The van der Waals surface area contributed by atoms with E-state index in [2.05, 4.69) is 43.3 Å². The molecule has 0 saturated carbocycles. The monoisotopic (exact) mass is 146 g/mol. The van der Waals surface area contributed by atoms with Crippen molar-refractivity contribution in [3.05, 3.63) is 41.5 Å². The summed E-state index contributed by atoms with van der Waals surface area (Å²) in [6.07, 6.45) is 5.29. The molecule has 0 N–H and O–H groups in total. The predicted octanol–water partition coefficient (Wildman–Crippen LogP) is 3.28. The van der Waals surface area contributed by atoms with Crippen LogP contribution in [0.3, 0.4) is 0 Å². The van der Waals surface area contributed by atoms with E-state index in [1.54, 1.807) is 0 Å². The van der Waals surface area contributed by atoms with Crippen LogP contribution in [0.15, 0.2) is 30.3 Å². The van der Waals surface area contributed by atoms with Crippen LogP contribution in [0.25, 0.3) is 6.08 Å². The molecule has 0 aliphatic heterocycles. The average Bonchev–Trinajstić information content (AvgIpc) is 2.07. The number of hydrogen-bond acceptors (Lipinski definition) is 0. The van der Waals surface area contributed by atoms with E-state index in [-0.39, 0.29) is 0 Å². The third-order valence-corrected chi connectivity index (χ3v) is 1.75. The first-order valence-electron chi connectivity index (χ1n) is 4.08. The van der Waals surface area contributed by atoms with Crippen molar-refractivity contribution in [2.75, 3.05) is 0 Å². The summed E-state index contributed by atoms with van der Waals surface area (Å²) in [7, 11) is 0. The minimum atomic E-state index is 1.12. The van der Waals surface area contributed by atoms with Crippen LogP contribution in [0.1, 0.15) is 25.0 Å². The van der Waals surface area contributed by atoms with Crippen LogP contribution in [0.5, 0.6) is 0 Å². The van der Waals surface area contributed by atoms with Gasteiger partial charge in [0.1, 0.15) is 0 Å². The maximum absolute atomic E-state index is 2.18. The van der Waals surface area contributed by atoms with Crippen molar-refractivity contribution in [2.45, 2.75) is 20.3 Å². The highest BCUT2D eigenvalue weighted by molar-refractivity contribution is 5.49. The lowest BCUT2D eigenvalue weighted by molar-refractivity contribution is 1.14. The Balaban J connectivity index is 2.82. The standard InChI is InChI=1S/C11H14/c1-3-5-11-8-6-10(4-2)7-9-11/h3,5-9H,4H2,1-2H3/b5-3-. The van der Waals surface area contributed by atoms with Crippen LogP contribution in [0.2, 0.25) is 0 Å². The lowest BCUT2D eigenvalue weighted by atomic mass is 10.1. The lowest BCUT2D eigenvalue weighted by Gasteiger charge is -1.95. The SMILES string of the molecule is C/C=C\c1ccc(CC)cc1. The van der Waals surface area contributed by atoms with E-state index in [0.717, 1.165) is 6.42 Å². The molecule has 0 unspecified atom stereocenters. The third-order valence-electron chi connectivity index (χ3n) is 1.75. The Morgan fingerprint density at radius 1 is 1.18 bits per heavy atom. The molecular weight excluding hydrogens is 132 g/mol. The molecule has 0 spiro atoms. The van der Waals surface area contributed by atoms with Crippen molar-refractivity contribution in [1.82, 2.24) is 0 Å². The average molecular weight is 146 g/mol.